The highest BCUT2D eigenvalue weighted by molar-refractivity contribution is 5.95. The second kappa shape index (κ2) is 6.61. The van der Waals surface area contributed by atoms with Crippen LogP contribution in [0.5, 0.6) is 11.5 Å². The molecule has 0 bridgehead atoms. The molecule has 2 aliphatic heterocycles. The van der Waals surface area contributed by atoms with E-state index in [4.69, 9.17) is 9.47 Å². The number of carbonyl (C=O) groups is 1. The zero-order valence-corrected chi connectivity index (χ0v) is 14.6. The van der Waals surface area contributed by atoms with Crippen molar-refractivity contribution in [3.63, 3.8) is 0 Å². The largest absolute Gasteiger partial charge is 0.454 e. The van der Waals surface area contributed by atoms with Gasteiger partial charge in [-0.1, -0.05) is 20.8 Å². The van der Waals surface area contributed by atoms with Crippen LogP contribution in [0.15, 0.2) is 18.2 Å². The summed E-state index contributed by atoms with van der Waals surface area (Å²) in [5.41, 5.74) is 0.502. The number of rotatable bonds is 3. The number of hydrogen-bond donors (Lipinski definition) is 1. The maximum absolute atomic E-state index is 12.6. The molecule has 1 saturated heterocycles. The topological polar surface area (TPSA) is 62.2 Å². The van der Waals surface area contributed by atoms with E-state index in [1.54, 1.807) is 18.2 Å². The molecule has 1 atom stereocenters. The van der Waals surface area contributed by atoms with E-state index < -0.39 is 0 Å². The fraction of sp³-hybridized carbons (Fsp3) is 0.611. The van der Waals surface area contributed by atoms with Gasteiger partial charge in [-0.3, -0.25) is 9.69 Å². The second-order valence-electron chi connectivity index (χ2n) is 7.54. The Morgan fingerprint density at radius 2 is 1.83 bits per heavy atom. The van der Waals surface area contributed by atoms with Gasteiger partial charge >= 0.3 is 0 Å². The number of fused-ring (bicyclic) bond motifs is 1. The highest BCUT2D eigenvalue weighted by Crippen LogP contribution is 2.32. The Balaban J connectivity index is 1.56. The SMILES string of the molecule is CC(C)(C)[C@@H](O)CN1CCN(C(=O)c2ccc3c(c2)OCO3)CC1. The molecular formula is C18H26N2O4. The van der Waals surface area contributed by atoms with E-state index in [1.807, 2.05) is 25.7 Å². The van der Waals surface area contributed by atoms with Gasteiger partial charge in [-0.05, 0) is 23.6 Å². The summed E-state index contributed by atoms with van der Waals surface area (Å²) < 4.78 is 10.6. The third-order valence-electron chi connectivity index (χ3n) is 4.71. The highest BCUT2D eigenvalue weighted by atomic mass is 16.7. The first-order valence-electron chi connectivity index (χ1n) is 8.44. The Hall–Kier alpha value is -1.79. The second-order valence-corrected chi connectivity index (χ2v) is 7.54. The molecule has 1 fully saturated rings. The zero-order valence-electron chi connectivity index (χ0n) is 14.6. The molecule has 1 aromatic rings. The van der Waals surface area contributed by atoms with Crippen molar-refractivity contribution in [3.8, 4) is 11.5 Å². The molecule has 2 aliphatic rings. The van der Waals surface area contributed by atoms with Crippen LogP contribution in [0.1, 0.15) is 31.1 Å². The molecule has 132 valence electrons. The van der Waals surface area contributed by atoms with E-state index in [2.05, 4.69) is 4.90 Å². The number of aliphatic hydroxyl groups excluding tert-OH is 1. The van der Waals surface area contributed by atoms with Gasteiger partial charge in [0.05, 0.1) is 6.10 Å². The minimum absolute atomic E-state index is 0.0179. The fourth-order valence-electron chi connectivity index (χ4n) is 2.86. The Morgan fingerprint density at radius 3 is 2.50 bits per heavy atom. The van der Waals surface area contributed by atoms with E-state index in [0.717, 1.165) is 13.1 Å². The maximum Gasteiger partial charge on any atom is 0.254 e. The first-order chi connectivity index (χ1) is 11.3. The van der Waals surface area contributed by atoms with Crippen LogP contribution in [-0.4, -0.2) is 66.4 Å². The molecular weight excluding hydrogens is 308 g/mol. The summed E-state index contributed by atoms with van der Waals surface area (Å²) in [6.07, 6.45) is -0.367. The van der Waals surface area contributed by atoms with Crippen molar-refractivity contribution in [2.24, 2.45) is 5.41 Å². The van der Waals surface area contributed by atoms with Gasteiger partial charge in [-0.2, -0.15) is 0 Å². The molecule has 24 heavy (non-hydrogen) atoms. The number of aliphatic hydroxyl groups is 1. The first-order valence-corrected chi connectivity index (χ1v) is 8.44. The smallest absolute Gasteiger partial charge is 0.254 e. The van der Waals surface area contributed by atoms with Crippen molar-refractivity contribution in [2.75, 3.05) is 39.5 Å². The number of benzene rings is 1. The summed E-state index contributed by atoms with van der Waals surface area (Å²) in [5, 5.41) is 10.2. The van der Waals surface area contributed by atoms with Crippen LogP contribution in [0.2, 0.25) is 0 Å². The lowest BCUT2D eigenvalue weighted by molar-refractivity contribution is 0.0137. The number of ether oxygens (including phenoxy) is 2. The number of nitrogens with zero attached hydrogens (tertiary/aromatic N) is 2. The maximum atomic E-state index is 12.6. The zero-order chi connectivity index (χ0) is 17.3. The molecule has 2 heterocycles. The van der Waals surface area contributed by atoms with Crippen molar-refractivity contribution in [1.82, 2.24) is 9.80 Å². The van der Waals surface area contributed by atoms with Gasteiger partial charge in [-0.15, -0.1) is 0 Å². The minimum Gasteiger partial charge on any atom is -0.454 e. The molecule has 1 N–H and O–H groups in total. The summed E-state index contributed by atoms with van der Waals surface area (Å²) >= 11 is 0. The lowest BCUT2D eigenvalue weighted by Crippen LogP contribution is -2.51. The van der Waals surface area contributed by atoms with Gasteiger partial charge in [0.2, 0.25) is 6.79 Å². The molecule has 6 heteroatoms. The average molecular weight is 334 g/mol. The Bertz CT molecular complexity index is 604. The average Bonchev–Trinajstić information content (AvgIpc) is 3.01. The number of piperazine rings is 1. The first kappa shape index (κ1) is 17.0. The van der Waals surface area contributed by atoms with Crippen LogP contribution in [0, 0.1) is 5.41 Å². The molecule has 1 amide bonds. The van der Waals surface area contributed by atoms with Crippen molar-refractivity contribution >= 4 is 5.91 Å². The monoisotopic (exact) mass is 334 g/mol. The number of β-amino-alcohol motifs (C(OH)–C–C–N with tert-alkyl or cyclic N) is 1. The predicted molar refractivity (Wildman–Crippen MR) is 90.4 cm³/mol. The summed E-state index contributed by atoms with van der Waals surface area (Å²) in [5.74, 6) is 1.34. The molecule has 0 spiro atoms. The number of carbonyl (C=O) groups excluding carboxylic acids is 1. The van der Waals surface area contributed by atoms with Gasteiger partial charge in [0.1, 0.15) is 0 Å². The minimum atomic E-state index is -0.367. The molecule has 0 radical (unpaired) electrons. The quantitative estimate of drug-likeness (QED) is 0.909. The normalized spacial score (nSPS) is 19.4. The van der Waals surface area contributed by atoms with Gasteiger partial charge < -0.3 is 19.5 Å². The lowest BCUT2D eigenvalue weighted by atomic mass is 9.89. The van der Waals surface area contributed by atoms with Gasteiger partial charge in [-0.25, -0.2) is 0 Å². The van der Waals surface area contributed by atoms with Crippen molar-refractivity contribution < 1.29 is 19.4 Å². The molecule has 1 aromatic carbocycles. The number of amides is 1. The fourth-order valence-corrected chi connectivity index (χ4v) is 2.86. The molecule has 0 saturated carbocycles. The van der Waals surface area contributed by atoms with Crippen LogP contribution in [0.4, 0.5) is 0 Å². The van der Waals surface area contributed by atoms with E-state index in [1.165, 1.54) is 0 Å². The van der Waals surface area contributed by atoms with E-state index in [0.29, 0.717) is 36.7 Å². The van der Waals surface area contributed by atoms with Gasteiger partial charge in [0.25, 0.3) is 5.91 Å². The van der Waals surface area contributed by atoms with Crippen LogP contribution in [-0.2, 0) is 0 Å². The third kappa shape index (κ3) is 3.65. The van der Waals surface area contributed by atoms with Gasteiger partial charge in [0, 0.05) is 38.3 Å². The van der Waals surface area contributed by atoms with E-state index in [-0.39, 0.29) is 24.2 Å². The van der Waals surface area contributed by atoms with E-state index in [9.17, 15) is 9.90 Å². The summed E-state index contributed by atoms with van der Waals surface area (Å²) in [4.78, 5) is 16.7. The van der Waals surface area contributed by atoms with Gasteiger partial charge in [0.15, 0.2) is 11.5 Å². The van der Waals surface area contributed by atoms with Crippen molar-refractivity contribution in [1.29, 1.82) is 0 Å². The van der Waals surface area contributed by atoms with Crippen LogP contribution >= 0.6 is 0 Å². The third-order valence-corrected chi connectivity index (χ3v) is 4.71. The number of hydrogen-bond acceptors (Lipinski definition) is 5. The summed E-state index contributed by atoms with van der Waals surface area (Å²) in [6.45, 7) is 9.88. The molecule has 3 rings (SSSR count). The van der Waals surface area contributed by atoms with Crippen LogP contribution < -0.4 is 9.47 Å². The Labute approximate surface area is 143 Å². The molecule has 0 aromatic heterocycles. The van der Waals surface area contributed by atoms with Crippen LogP contribution in [0.25, 0.3) is 0 Å². The van der Waals surface area contributed by atoms with Crippen molar-refractivity contribution in [3.05, 3.63) is 23.8 Å². The molecule has 6 nitrogen and oxygen atoms in total. The predicted octanol–water partition coefficient (Wildman–Crippen LogP) is 1.58. The van der Waals surface area contributed by atoms with Crippen LogP contribution in [0.3, 0.4) is 0 Å². The standard InChI is InChI=1S/C18H26N2O4/c1-18(2,3)16(21)11-19-6-8-20(9-7-19)17(22)13-4-5-14-15(10-13)24-12-23-14/h4-5,10,16,21H,6-9,11-12H2,1-3H3/t16-/m0/s1. The highest BCUT2D eigenvalue weighted by Gasteiger charge is 2.28. The van der Waals surface area contributed by atoms with E-state index >= 15 is 0 Å². The Morgan fingerprint density at radius 1 is 1.17 bits per heavy atom. The lowest BCUT2D eigenvalue weighted by Gasteiger charge is -2.38. The Kier molecular flexibility index (Phi) is 4.69. The summed E-state index contributed by atoms with van der Waals surface area (Å²) in [6, 6.07) is 5.32. The molecule has 0 unspecified atom stereocenters. The molecule has 0 aliphatic carbocycles. The summed E-state index contributed by atoms with van der Waals surface area (Å²) in [7, 11) is 0. The van der Waals surface area contributed by atoms with Crippen molar-refractivity contribution in [2.45, 2.75) is 26.9 Å².